The highest BCUT2D eigenvalue weighted by Gasteiger charge is 2.09. The normalized spacial score (nSPS) is 12.0. The van der Waals surface area contributed by atoms with Gasteiger partial charge in [-0.25, -0.2) is 9.97 Å². The fraction of sp³-hybridized carbons (Fsp3) is 0.286. The van der Waals surface area contributed by atoms with Gasteiger partial charge in [0.15, 0.2) is 0 Å². The van der Waals surface area contributed by atoms with Crippen LogP contribution in [0.25, 0.3) is 0 Å². The Morgan fingerprint density at radius 2 is 2.10 bits per heavy atom. The number of benzene rings is 1. The summed E-state index contributed by atoms with van der Waals surface area (Å²) in [5, 5.41) is 9.40. The van der Waals surface area contributed by atoms with E-state index in [-0.39, 0.29) is 0 Å². The summed E-state index contributed by atoms with van der Waals surface area (Å²) in [6, 6.07) is 9.30. The Kier molecular flexibility index (Phi) is 4.92. The van der Waals surface area contributed by atoms with Crippen LogP contribution in [0, 0.1) is 0 Å². The van der Waals surface area contributed by atoms with E-state index in [1.165, 1.54) is 6.33 Å². The molecule has 2 aromatic rings. The molecule has 2 rings (SSSR count). The lowest BCUT2D eigenvalue weighted by Crippen LogP contribution is -2.27. The average molecular weight is 338 g/mol. The maximum atomic E-state index is 9.40. The van der Waals surface area contributed by atoms with Gasteiger partial charge in [-0.1, -0.05) is 12.1 Å². The maximum Gasteiger partial charge on any atom is 0.224 e. The van der Waals surface area contributed by atoms with Crippen LogP contribution in [0.2, 0.25) is 0 Å². The number of nitrogens with zero attached hydrogens (tertiary/aromatic N) is 3. The number of rotatable bonds is 5. The van der Waals surface area contributed by atoms with Crippen molar-refractivity contribution in [2.45, 2.75) is 13.0 Å². The molecule has 20 heavy (non-hydrogen) atoms. The zero-order valence-electron chi connectivity index (χ0n) is 11.3. The lowest BCUT2D eigenvalue weighted by Gasteiger charge is -2.19. The third-order valence-corrected chi connectivity index (χ3v) is 3.26. The number of halogens is 1. The lowest BCUT2D eigenvalue weighted by atomic mass is 10.3. The zero-order chi connectivity index (χ0) is 14.5. The number of ether oxygens (including phenoxy) is 1. The standard InChI is InChI=1S/C14H16BrN3O2/c1-10(19)8-18(2)13-7-14(17-9-16-13)20-12-6-4-3-5-11(12)15/h3-7,9-10,19H,8H2,1-2H3. The Bertz CT molecular complexity index is 578. The number of likely N-dealkylation sites (N-methyl/N-ethyl adjacent to an activating group) is 1. The van der Waals surface area contributed by atoms with Gasteiger partial charge in [-0.05, 0) is 35.0 Å². The molecular formula is C14H16BrN3O2. The number of anilines is 1. The van der Waals surface area contributed by atoms with E-state index in [4.69, 9.17) is 4.74 Å². The van der Waals surface area contributed by atoms with Crippen LogP contribution in [0.1, 0.15) is 6.92 Å². The molecule has 0 aliphatic carbocycles. The molecule has 5 nitrogen and oxygen atoms in total. The Balaban J connectivity index is 2.16. The summed E-state index contributed by atoms with van der Waals surface area (Å²) in [6.45, 7) is 2.22. The minimum Gasteiger partial charge on any atom is -0.438 e. The van der Waals surface area contributed by atoms with E-state index in [9.17, 15) is 5.11 Å². The van der Waals surface area contributed by atoms with E-state index in [0.29, 0.717) is 24.0 Å². The van der Waals surface area contributed by atoms with Crippen molar-refractivity contribution in [2.75, 3.05) is 18.5 Å². The second-order valence-corrected chi connectivity index (χ2v) is 5.33. The molecule has 0 amide bonds. The highest BCUT2D eigenvalue weighted by atomic mass is 79.9. The molecule has 1 atom stereocenters. The maximum absolute atomic E-state index is 9.40. The van der Waals surface area contributed by atoms with Gasteiger partial charge in [0.2, 0.25) is 5.88 Å². The topological polar surface area (TPSA) is 58.5 Å². The van der Waals surface area contributed by atoms with Gasteiger partial charge in [0, 0.05) is 19.7 Å². The van der Waals surface area contributed by atoms with Crippen molar-refractivity contribution in [2.24, 2.45) is 0 Å². The molecule has 1 aromatic carbocycles. The van der Waals surface area contributed by atoms with Crippen LogP contribution in [0.3, 0.4) is 0 Å². The van der Waals surface area contributed by atoms with Gasteiger partial charge in [-0.2, -0.15) is 0 Å². The minimum absolute atomic E-state index is 0.428. The first-order valence-electron chi connectivity index (χ1n) is 6.20. The summed E-state index contributed by atoms with van der Waals surface area (Å²) in [4.78, 5) is 10.1. The molecule has 0 aliphatic rings. The second-order valence-electron chi connectivity index (χ2n) is 4.48. The third-order valence-electron chi connectivity index (χ3n) is 2.61. The monoisotopic (exact) mass is 337 g/mol. The molecule has 6 heteroatoms. The predicted octanol–water partition coefficient (Wildman–Crippen LogP) is 2.85. The predicted molar refractivity (Wildman–Crippen MR) is 81.2 cm³/mol. The van der Waals surface area contributed by atoms with E-state index >= 15 is 0 Å². The van der Waals surface area contributed by atoms with Gasteiger partial charge >= 0.3 is 0 Å². The third kappa shape index (κ3) is 3.91. The molecule has 0 radical (unpaired) electrons. The number of hydrogen-bond donors (Lipinski definition) is 1. The minimum atomic E-state index is -0.428. The van der Waals surface area contributed by atoms with E-state index in [1.54, 1.807) is 13.0 Å². The fourth-order valence-corrected chi connectivity index (χ4v) is 2.09. The second kappa shape index (κ2) is 6.67. The van der Waals surface area contributed by atoms with Crippen molar-refractivity contribution in [3.05, 3.63) is 41.1 Å². The van der Waals surface area contributed by atoms with Crippen LogP contribution in [-0.2, 0) is 0 Å². The Morgan fingerprint density at radius 1 is 1.35 bits per heavy atom. The van der Waals surface area contributed by atoms with Gasteiger partial charge in [-0.15, -0.1) is 0 Å². The van der Waals surface area contributed by atoms with E-state index in [0.717, 1.165) is 4.47 Å². The zero-order valence-corrected chi connectivity index (χ0v) is 12.9. The summed E-state index contributed by atoms with van der Waals surface area (Å²) in [5.74, 6) is 1.85. The quantitative estimate of drug-likeness (QED) is 0.909. The van der Waals surface area contributed by atoms with Crippen molar-refractivity contribution >= 4 is 21.7 Å². The number of aliphatic hydroxyl groups is 1. The Morgan fingerprint density at radius 3 is 2.80 bits per heavy atom. The average Bonchev–Trinajstić information content (AvgIpc) is 2.41. The van der Waals surface area contributed by atoms with Gasteiger partial charge in [0.25, 0.3) is 0 Å². The number of para-hydroxylation sites is 1. The number of aliphatic hydroxyl groups excluding tert-OH is 1. The highest BCUT2D eigenvalue weighted by molar-refractivity contribution is 9.10. The van der Waals surface area contributed by atoms with E-state index < -0.39 is 6.10 Å². The molecule has 1 N–H and O–H groups in total. The molecule has 1 aromatic heterocycles. The van der Waals surface area contributed by atoms with E-state index in [2.05, 4.69) is 25.9 Å². The first kappa shape index (κ1) is 14.7. The van der Waals surface area contributed by atoms with Crippen molar-refractivity contribution in [1.29, 1.82) is 0 Å². The molecule has 0 bridgehead atoms. The summed E-state index contributed by atoms with van der Waals surface area (Å²) >= 11 is 3.42. The summed E-state index contributed by atoms with van der Waals surface area (Å²) in [6.07, 6.45) is 1.02. The number of aromatic nitrogens is 2. The Labute approximate surface area is 126 Å². The van der Waals surface area contributed by atoms with Crippen LogP contribution < -0.4 is 9.64 Å². The molecule has 1 unspecified atom stereocenters. The number of hydrogen-bond acceptors (Lipinski definition) is 5. The first-order chi connectivity index (χ1) is 9.56. The Hall–Kier alpha value is -1.66. The van der Waals surface area contributed by atoms with Gasteiger partial charge in [0.05, 0.1) is 10.6 Å². The molecule has 0 spiro atoms. The summed E-state index contributed by atoms with van der Waals surface area (Å²) in [7, 11) is 1.86. The van der Waals surface area contributed by atoms with Crippen molar-refractivity contribution < 1.29 is 9.84 Å². The lowest BCUT2D eigenvalue weighted by molar-refractivity contribution is 0.201. The summed E-state index contributed by atoms with van der Waals surface area (Å²) < 4.78 is 6.58. The molecular weight excluding hydrogens is 322 g/mol. The molecule has 0 fully saturated rings. The highest BCUT2D eigenvalue weighted by Crippen LogP contribution is 2.28. The molecule has 1 heterocycles. The molecule has 106 valence electrons. The molecule has 0 saturated heterocycles. The van der Waals surface area contributed by atoms with Crippen LogP contribution in [0.5, 0.6) is 11.6 Å². The summed E-state index contributed by atoms with van der Waals surface area (Å²) in [5.41, 5.74) is 0. The van der Waals surface area contributed by atoms with Crippen LogP contribution in [-0.4, -0.2) is 34.8 Å². The van der Waals surface area contributed by atoms with E-state index in [1.807, 2.05) is 36.2 Å². The largest absolute Gasteiger partial charge is 0.438 e. The van der Waals surface area contributed by atoms with Crippen LogP contribution >= 0.6 is 15.9 Å². The van der Waals surface area contributed by atoms with Crippen molar-refractivity contribution in [3.8, 4) is 11.6 Å². The smallest absolute Gasteiger partial charge is 0.224 e. The van der Waals surface area contributed by atoms with Crippen molar-refractivity contribution in [3.63, 3.8) is 0 Å². The van der Waals surface area contributed by atoms with Crippen LogP contribution in [0.4, 0.5) is 5.82 Å². The van der Waals surface area contributed by atoms with Gasteiger partial charge in [-0.3, -0.25) is 0 Å². The fourth-order valence-electron chi connectivity index (χ4n) is 1.72. The van der Waals surface area contributed by atoms with Gasteiger partial charge < -0.3 is 14.7 Å². The molecule has 0 saturated carbocycles. The van der Waals surface area contributed by atoms with Crippen molar-refractivity contribution in [1.82, 2.24) is 9.97 Å². The molecule has 0 aliphatic heterocycles. The van der Waals surface area contributed by atoms with Gasteiger partial charge in [0.1, 0.15) is 17.9 Å². The SMILES string of the molecule is CC(O)CN(C)c1cc(Oc2ccccc2Br)ncn1. The first-order valence-corrected chi connectivity index (χ1v) is 6.99. The van der Waals surface area contributed by atoms with Crippen LogP contribution in [0.15, 0.2) is 41.1 Å².